The van der Waals surface area contributed by atoms with Crippen LogP contribution in [0.4, 0.5) is 0 Å². The van der Waals surface area contributed by atoms with Gasteiger partial charge in [-0.25, -0.2) is 0 Å². The largest absolute Gasteiger partial charge is 0.458 e. The highest BCUT2D eigenvalue weighted by Gasteiger charge is 2.18. The highest BCUT2D eigenvalue weighted by molar-refractivity contribution is 7.03. The normalized spacial score (nSPS) is 13.1. The monoisotopic (exact) mass is 246 g/mol. The van der Waals surface area contributed by atoms with Gasteiger partial charge >= 0.3 is 0 Å². The molecule has 3 aromatic rings. The zero-order valence-electron chi connectivity index (χ0n) is 9.12. The summed E-state index contributed by atoms with van der Waals surface area (Å²) in [6, 6.07) is 7.74. The maximum atomic E-state index is 10.1. The van der Waals surface area contributed by atoms with Crippen molar-refractivity contribution in [2.24, 2.45) is 0 Å². The first-order valence-electron chi connectivity index (χ1n) is 5.20. The fraction of sp³-hybridized carbons (Fsp3) is 0.167. The lowest BCUT2D eigenvalue weighted by atomic mass is 10.1. The van der Waals surface area contributed by atoms with Crippen molar-refractivity contribution >= 4 is 22.5 Å². The second-order valence-electron chi connectivity index (χ2n) is 3.87. The molecule has 1 atom stereocenters. The number of furan rings is 1. The molecule has 17 heavy (non-hydrogen) atoms. The fourth-order valence-electron chi connectivity index (χ4n) is 1.80. The van der Waals surface area contributed by atoms with Crippen LogP contribution in [-0.2, 0) is 0 Å². The summed E-state index contributed by atoms with van der Waals surface area (Å²) in [7, 11) is 0. The number of hydrogen-bond acceptors (Lipinski definition) is 5. The number of aliphatic hydroxyl groups is 1. The molecule has 0 spiro atoms. The van der Waals surface area contributed by atoms with Gasteiger partial charge in [0, 0.05) is 10.8 Å². The van der Waals surface area contributed by atoms with E-state index in [0.717, 1.165) is 16.5 Å². The van der Waals surface area contributed by atoms with Crippen molar-refractivity contribution in [3.63, 3.8) is 0 Å². The number of para-hydroxylation sites is 1. The Morgan fingerprint density at radius 3 is 3.00 bits per heavy atom. The quantitative estimate of drug-likeness (QED) is 0.755. The number of hydrogen-bond donors (Lipinski definition) is 1. The van der Waals surface area contributed by atoms with Crippen molar-refractivity contribution in [2.45, 2.75) is 13.0 Å². The van der Waals surface area contributed by atoms with Crippen molar-refractivity contribution < 1.29 is 9.52 Å². The molecule has 0 bridgehead atoms. The summed E-state index contributed by atoms with van der Waals surface area (Å²) in [5.41, 5.74) is 2.38. The molecule has 1 unspecified atom stereocenters. The predicted molar refractivity (Wildman–Crippen MR) is 64.9 cm³/mol. The molecule has 0 aliphatic heterocycles. The lowest BCUT2D eigenvalue weighted by Gasteiger charge is -2.01. The first kappa shape index (κ1) is 10.4. The van der Waals surface area contributed by atoms with Crippen molar-refractivity contribution in [1.82, 2.24) is 9.59 Å². The van der Waals surface area contributed by atoms with Crippen LogP contribution in [-0.4, -0.2) is 14.7 Å². The molecule has 0 saturated heterocycles. The van der Waals surface area contributed by atoms with Crippen molar-refractivity contribution in [2.75, 3.05) is 0 Å². The average molecular weight is 246 g/mol. The van der Waals surface area contributed by atoms with Gasteiger partial charge in [0.1, 0.15) is 17.0 Å². The molecule has 86 valence electrons. The van der Waals surface area contributed by atoms with E-state index in [1.165, 1.54) is 11.5 Å². The lowest BCUT2D eigenvalue weighted by Crippen LogP contribution is -1.98. The van der Waals surface area contributed by atoms with Gasteiger partial charge in [0.25, 0.3) is 0 Å². The van der Waals surface area contributed by atoms with Gasteiger partial charge in [0.2, 0.25) is 0 Å². The Hall–Kier alpha value is -1.72. The van der Waals surface area contributed by atoms with Crippen LogP contribution in [0.15, 0.2) is 34.1 Å². The molecule has 0 saturated carbocycles. The second-order valence-corrected chi connectivity index (χ2v) is 4.48. The molecule has 5 heteroatoms. The van der Waals surface area contributed by atoms with Gasteiger partial charge in [0.15, 0.2) is 6.10 Å². The van der Waals surface area contributed by atoms with Crippen LogP contribution in [0.1, 0.15) is 23.1 Å². The van der Waals surface area contributed by atoms with Crippen molar-refractivity contribution in [3.8, 4) is 0 Å². The van der Waals surface area contributed by atoms with Crippen LogP contribution in [0.25, 0.3) is 11.0 Å². The minimum atomic E-state index is -0.847. The molecular weight excluding hydrogens is 236 g/mol. The summed E-state index contributed by atoms with van der Waals surface area (Å²) in [5, 5.41) is 16.6. The van der Waals surface area contributed by atoms with Gasteiger partial charge in [-0.2, -0.15) is 0 Å². The van der Waals surface area contributed by atoms with Gasteiger partial charge in [-0.05, 0) is 30.1 Å². The minimum absolute atomic E-state index is 0.502. The zero-order valence-corrected chi connectivity index (χ0v) is 9.94. The summed E-state index contributed by atoms with van der Waals surface area (Å²) < 4.78 is 9.40. The predicted octanol–water partition coefficient (Wildman–Crippen LogP) is 2.67. The summed E-state index contributed by atoms with van der Waals surface area (Å²) in [4.78, 5) is 0. The van der Waals surface area contributed by atoms with Gasteiger partial charge in [0.05, 0.1) is 0 Å². The lowest BCUT2D eigenvalue weighted by molar-refractivity contribution is 0.187. The maximum Gasteiger partial charge on any atom is 0.156 e. The Morgan fingerprint density at radius 1 is 1.41 bits per heavy atom. The van der Waals surface area contributed by atoms with E-state index >= 15 is 0 Å². The Morgan fingerprint density at radius 2 is 2.29 bits per heavy atom. The molecule has 0 fully saturated rings. The van der Waals surface area contributed by atoms with E-state index in [-0.39, 0.29) is 0 Å². The van der Waals surface area contributed by atoms with Crippen molar-refractivity contribution in [3.05, 3.63) is 46.7 Å². The first-order valence-corrected chi connectivity index (χ1v) is 6.03. The number of aryl methyl sites for hydroxylation is 1. The van der Waals surface area contributed by atoms with Crippen LogP contribution in [0.3, 0.4) is 0 Å². The van der Waals surface area contributed by atoms with Gasteiger partial charge in [-0.3, -0.25) is 0 Å². The Bertz CT molecular complexity index is 646. The topological polar surface area (TPSA) is 59.2 Å². The molecule has 2 aromatic heterocycles. The van der Waals surface area contributed by atoms with E-state index in [1.807, 2.05) is 31.2 Å². The number of nitrogens with zero attached hydrogens (tertiary/aromatic N) is 2. The maximum absolute atomic E-state index is 10.1. The van der Waals surface area contributed by atoms with Crippen LogP contribution in [0.2, 0.25) is 0 Å². The zero-order chi connectivity index (χ0) is 11.8. The van der Waals surface area contributed by atoms with E-state index in [1.54, 1.807) is 5.38 Å². The van der Waals surface area contributed by atoms with Crippen LogP contribution in [0.5, 0.6) is 0 Å². The summed E-state index contributed by atoms with van der Waals surface area (Å²) in [5.74, 6) is 0.502. The van der Waals surface area contributed by atoms with E-state index in [4.69, 9.17) is 4.42 Å². The first-order chi connectivity index (χ1) is 8.25. The number of aliphatic hydroxyl groups excluding tert-OH is 1. The Kier molecular flexibility index (Phi) is 2.42. The van der Waals surface area contributed by atoms with E-state index in [2.05, 4.69) is 9.59 Å². The van der Waals surface area contributed by atoms with E-state index < -0.39 is 6.10 Å². The van der Waals surface area contributed by atoms with Gasteiger partial charge in [-0.15, -0.1) is 5.10 Å². The second kappa shape index (κ2) is 3.94. The number of benzene rings is 1. The molecule has 2 heterocycles. The fourth-order valence-corrected chi connectivity index (χ4v) is 2.27. The molecule has 3 rings (SSSR count). The number of aromatic nitrogens is 2. The molecule has 4 nitrogen and oxygen atoms in total. The molecule has 1 N–H and O–H groups in total. The molecular formula is C12H10N2O2S. The molecule has 0 amide bonds. The van der Waals surface area contributed by atoms with Crippen LogP contribution < -0.4 is 0 Å². The smallest absolute Gasteiger partial charge is 0.156 e. The average Bonchev–Trinajstić information content (AvgIpc) is 2.98. The third kappa shape index (κ3) is 1.73. The summed E-state index contributed by atoms with van der Waals surface area (Å²) in [6.45, 7) is 1.98. The molecule has 0 aliphatic carbocycles. The van der Waals surface area contributed by atoms with Gasteiger partial charge in [-0.1, -0.05) is 22.7 Å². The van der Waals surface area contributed by atoms with Crippen LogP contribution in [0, 0.1) is 6.92 Å². The van der Waals surface area contributed by atoms with E-state index in [0.29, 0.717) is 11.5 Å². The van der Waals surface area contributed by atoms with Crippen molar-refractivity contribution in [1.29, 1.82) is 0 Å². The third-order valence-electron chi connectivity index (χ3n) is 2.69. The Labute approximate surface area is 102 Å². The molecule has 0 radical (unpaired) electrons. The summed E-state index contributed by atoms with van der Waals surface area (Å²) >= 11 is 1.21. The van der Waals surface area contributed by atoms with E-state index in [9.17, 15) is 5.11 Å². The molecule has 0 aliphatic rings. The van der Waals surface area contributed by atoms with Gasteiger partial charge < -0.3 is 9.52 Å². The number of fused-ring (bicyclic) bond motifs is 1. The molecule has 1 aromatic carbocycles. The number of rotatable bonds is 2. The minimum Gasteiger partial charge on any atom is -0.458 e. The standard InChI is InChI=1S/C12H10N2O2S/c1-7-3-2-4-8-5-10(16-12(7)8)11(15)9-6-17-14-13-9/h2-6,11,15H,1H3. The Balaban J connectivity index is 2.10. The highest BCUT2D eigenvalue weighted by Crippen LogP contribution is 2.29. The van der Waals surface area contributed by atoms with Crippen LogP contribution >= 0.6 is 11.5 Å². The highest BCUT2D eigenvalue weighted by atomic mass is 32.1. The third-order valence-corrected chi connectivity index (χ3v) is 3.21. The summed E-state index contributed by atoms with van der Waals surface area (Å²) in [6.07, 6.45) is -0.847. The SMILES string of the molecule is Cc1cccc2cc(C(O)c3csnn3)oc12.